The van der Waals surface area contributed by atoms with Crippen molar-refractivity contribution in [3.8, 4) is 0 Å². The number of fused-ring (bicyclic) bond motifs is 1. The van der Waals surface area contributed by atoms with E-state index in [0.29, 0.717) is 6.54 Å². The standard InChI is InChI=1S/C19H28N4O.ClH/c1-3-18-21-16-6-4-5-7-17(16)23(18)14-19(24)22-12-9-15(10-13-22)8-11-20-2;/h4-7,15,20H,3,8-14H2,1-2H3;1H. The Morgan fingerprint density at radius 2 is 2.00 bits per heavy atom. The predicted octanol–water partition coefficient (Wildman–Crippen LogP) is 2.87. The topological polar surface area (TPSA) is 50.2 Å². The maximum Gasteiger partial charge on any atom is 0.242 e. The summed E-state index contributed by atoms with van der Waals surface area (Å²) in [7, 11) is 2.00. The second kappa shape index (κ2) is 9.20. The van der Waals surface area contributed by atoms with Crippen molar-refractivity contribution >= 4 is 29.3 Å². The Kier molecular flexibility index (Phi) is 7.26. The maximum absolute atomic E-state index is 12.8. The molecule has 5 nitrogen and oxygen atoms in total. The number of halogens is 1. The van der Waals surface area contributed by atoms with Crippen molar-refractivity contribution in [1.82, 2.24) is 19.8 Å². The highest BCUT2D eigenvalue weighted by Gasteiger charge is 2.23. The molecule has 1 aromatic heterocycles. The van der Waals surface area contributed by atoms with Gasteiger partial charge in [0, 0.05) is 19.5 Å². The summed E-state index contributed by atoms with van der Waals surface area (Å²) in [6, 6.07) is 8.08. The Hall–Kier alpha value is -1.59. The molecule has 0 unspecified atom stereocenters. The first-order valence-corrected chi connectivity index (χ1v) is 9.09. The lowest BCUT2D eigenvalue weighted by Gasteiger charge is -2.32. The number of imidazole rings is 1. The van der Waals surface area contributed by atoms with E-state index in [1.54, 1.807) is 0 Å². The summed E-state index contributed by atoms with van der Waals surface area (Å²) >= 11 is 0. The molecule has 1 amide bonds. The van der Waals surface area contributed by atoms with E-state index >= 15 is 0 Å². The lowest BCUT2D eigenvalue weighted by molar-refractivity contribution is -0.133. The minimum atomic E-state index is 0. The number of amides is 1. The van der Waals surface area contributed by atoms with E-state index < -0.39 is 0 Å². The second-order valence-electron chi connectivity index (χ2n) is 6.67. The number of piperidine rings is 1. The number of carbonyl (C=O) groups is 1. The third kappa shape index (κ3) is 4.53. The summed E-state index contributed by atoms with van der Waals surface area (Å²) in [6.45, 7) is 5.35. The van der Waals surface area contributed by atoms with Gasteiger partial charge in [-0.25, -0.2) is 4.98 Å². The summed E-state index contributed by atoms with van der Waals surface area (Å²) in [5.74, 6) is 1.97. The minimum absolute atomic E-state index is 0. The summed E-state index contributed by atoms with van der Waals surface area (Å²) in [5.41, 5.74) is 2.04. The summed E-state index contributed by atoms with van der Waals surface area (Å²) in [6.07, 6.45) is 4.30. The number of nitrogens with one attached hydrogen (secondary N) is 1. The molecule has 0 aliphatic carbocycles. The van der Waals surface area contributed by atoms with E-state index in [-0.39, 0.29) is 18.3 Å². The highest BCUT2D eigenvalue weighted by atomic mass is 35.5. The second-order valence-corrected chi connectivity index (χ2v) is 6.67. The number of hydrogen-bond donors (Lipinski definition) is 1. The number of carbonyl (C=O) groups excluding carboxylic acids is 1. The predicted molar refractivity (Wildman–Crippen MR) is 104 cm³/mol. The van der Waals surface area contributed by atoms with E-state index in [4.69, 9.17) is 0 Å². The fourth-order valence-corrected chi connectivity index (χ4v) is 3.63. The smallest absolute Gasteiger partial charge is 0.242 e. The fraction of sp³-hybridized carbons (Fsp3) is 0.579. The lowest BCUT2D eigenvalue weighted by Crippen LogP contribution is -2.40. The molecule has 2 aromatic rings. The third-order valence-electron chi connectivity index (χ3n) is 5.11. The van der Waals surface area contributed by atoms with Gasteiger partial charge in [0.25, 0.3) is 0 Å². The van der Waals surface area contributed by atoms with E-state index in [1.165, 1.54) is 6.42 Å². The van der Waals surface area contributed by atoms with E-state index in [0.717, 1.165) is 61.7 Å². The number of hydrogen-bond acceptors (Lipinski definition) is 3. The van der Waals surface area contributed by atoms with Crippen molar-refractivity contribution in [2.24, 2.45) is 5.92 Å². The van der Waals surface area contributed by atoms with Gasteiger partial charge in [-0.05, 0) is 50.9 Å². The van der Waals surface area contributed by atoms with Gasteiger partial charge in [-0.3, -0.25) is 4.79 Å². The van der Waals surface area contributed by atoms with Gasteiger partial charge >= 0.3 is 0 Å². The Morgan fingerprint density at radius 3 is 2.68 bits per heavy atom. The zero-order valence-corrected chi connectivity index (χ0v) is 16.0. The molecule has 6 heteroatoms. The van der Waals surface area contributed by atoms with Crippen molar-refractivity contribution in [1.29, 1.82) is 0 Å². The number of aryl methyl sites for hydroxylation is 1. The molecule has 1 aliphatic rings. The molecule has 1 saturated heterocycles. The average molecular weight is 365 g/mol. The Bertz CT molecular complexity index is 692. The molecule has 1 N–H and O–H groups in total. The first kappa shape index (κ1) is 19.7. The third-order valence-corrected chi connectivity index (χ3v) is 5.11. The van der Waals surface area contributed by atoms with Gasteiger partial charge in [-0.15, -0.1) is 12.4 Å². The van der Waals surface area contributed by atoms with Crippen LogP contribution >= 0.6 is 12.4 Å². The Balaban J connectivity index is 0.00000225. The first-order chi connectivity index (χ1) is 11.7. The van der Waals surface area contributed by atoms with Crippen LogP contribution in [0.3, 0.4) is 0 Å². The molecule has 1 aliphatic heterocycles. The SMILES string of the molecule is CCc1nc2ccccc2n1CC(=O)N1CCC(CCNC)CC1.Cl. The Morgan fingerprint density at radius 1 is 1.28 bits per heavy atom. The van der Waals surface area contributed by atoms with Gasteiger partial charge in [0.15, 0.2) is 0 Å². The van der Waals surface area contributed by atoms with Gasteiger partial charge in [0.1, 0.15) is 12.4 Å². The molecule has 0 spiro atoms. The zero-order chi connectivity index (χ0) is 16.9. The number of para-hydroxylation sites is 2. The summed E-state index contributed by atoms with van der Waals surface area (Å²) < 4.78 is 2.09. The molecule has 3 rings (SSSR count). The van der Waals surface area contributed by atoms with Crippen LogP contribution in [0.1, 0.15) is 32.0 Å². The van der Waals surface area contributed by atoms with Crippen LogP contribution in [0.2, 0.25) is 0 Å². The number of rotatable bonds is 6. The van der Waals surface area contributed by atoms with Crippen LogP contribution in [-0.4, -0.2) is 47.0 Å². The van der Waals surface area contributed by atoms with Crippen LogP contribution in [-0.2, 0) is 17.8 Å². The lowest BCUT2D eigenvalue weighted by atomic mass is 9.93. The normalized spacial score (nSPS) is 15.4. The Labute approximate surface area is 156 Å². The quantitative estimate of drug-likeness (QED) is 0.857. The van der Waals surface area contributed by atoms with Crippen molar-refractivity contribution in [2.45, 2.75) is 39.2 Å². The van der Waals surface area contributed by atoms with Gasteiger partial charge in [-0.1, -0.05) is 19.1 Å². The number of likely N-dealkylation sites (tertiary alicyclic amines) is 1. The molecular weight excluding hydrogens is 336 g/mol. The molecule has 25 heavy (non-hydrogen) atoms. The molecule has 1 fully saturated rings. The number of aromatic nitrogens is 2. The van der Waals surface area contributed by atoms with Gasteiger partial charge in [0.05, 0.1) is 11.0 Å². The fourth-order valence-electron chi connectivity index (χ4n) is 3.63. The van der Waals surface area contributed by atoms with E-state index in [1.807, 2.05) is 30.1 Å². The molecule has 0 atom stereocenters. The monoisotopic (exact) mass is 364 g/mol. The van der Waals surface area contributed by atoms with Crippen molar-refractivity contribution in [3.63, 3.8) is 0 Å². The van der Waals surface area contributed by atoms with Gasteiger partial charge in [-0.2, -0.15) is 0 Å². The van der Waals surface area contributed by atoms with Crippen LogP contribution in [0.15, 0.2) is 24.3 Å². The number of nitrogens with zero attached hydrogens (tertiary/aromatic N) is 3. The molecule has 0 bridgehead atoms. The molecule has 1 aromatic carbocycles. The van der Waals surface area contributed by atoms with Crippen molar-refractivity contribution in [3.05, 3.63) is 30.1 Å². The number of benzene rings is 1. The zero-order valence-electron chi connectivity index (χ0n) is 15.2. The summed E-state index contributed by atoms with van der Waals surface area (Å²) in [4.78, 5) is 19.5. The van der Waals surface area contributed by atoms with Crippen molar-refractivity contribution < 1.29 is 4.79 Å². The molecule has 138 valence electrons. The largest absolute Gasteiger partial charge is 0.341 e. The minimum Gasteiger partial charge on any atom is -0.341 e. The first-order valence-electron chi connectivity index (χ1n) is 9.09. The van der Waals surface area contributed by atoms with E-state index in [2.05, 4.69) is 27.9 Å². The van der Waals surface area contributed by atoms with Crippen LogP contribution in [0, 0.1) is 5.92 Å². The molecule has 0 saturated carbocycles. The molecule has 0 radical (unpaired) electrons. The highest BCUT2D eigenvalue weighted by molar-refractivity contribution is 5.85. The molecular formula is C19H29ClN4O. The van der Waals surface area contributed by atoms with E-state index in [9.17, 15) is 4.79 Å². The average Bonchev–Trinajstić information content (AvgIpc) is 2.98. The van der Waals surface area contributed by atoms with Gasteiger partial charge in [0.2, 0.25) is 5.91 Å². The van der Waals surface area contributed by atoms with Crippen LogP contribution in [0.25, 0.3) is 11.0 Å². The van der Waals surface area contributed by atoms with Crippen molar-refractivity contribution in [2.75, 3.05) is 26.7 Å². The van der Waals surface area contributed by atoms with Crippen LogP contribution in [0.4, 0.5) is 0 Å². The maximum atomic E-state index is 12.8. The van der Waals surface area contributed by atoms with Crippen LogP contribution < -0.4 is 5.32 Å². The van der Waals surface area contributed by atoms with Crippen LogP contribution in [0.5, 0.6) is 0 Å². The van der Waals surface area contributed by atoms with Gasteiger partial charge < -0.3 is 14.8 Å². The molecule has 2 heterocycles. The highest BCUT2D eigenvalue weighted by Crippen LogP contribution is 2.21. The summed E-state index contributed by atoms with van der Waals surface area (Å²) in [5, 5.41) is 3.22.